The van der Waals surface area contributed by atoms with E-state index in [1.807, 2.05) is 0 Å². The quantitative estimate of drug-likeness (QED) is 0.488. The van der Waals surface area contributed by atoms with Gasteiger partial charge in [-0.3, -0.25) is 9.59 Å². The summed E-state index contributed by atoms with van der Waals surface area (Å²) in [6.07, 6.45) is 0.908. The van der Waals surface area contributed by atoms with Crippen molar-refractivity contribution < 1.29 is 28.7 Å². The molecule has 1 aliphatic heterocycles. The number of ether oxygens (including phenoxy) is 2. The summed E-state index contributed by atoms with van der Waals surface area (Å²) in [5.41, 5.74) is 0. The molecule has 1 rings (SSSR count). The number of amides is 2. The number of esters is 2. The van der Waals surface area contributed by atoms with Gasteiger partial charge in [-0.05, 0) is 13.8 Å². The molecule has 0 aromatic heterocycles. The van der Waals surface area contributed by atoms with Crippen LogP contribution in [0.1, 0.15) is 13.8 Å². The lowest BCUT2D eigenvalue weighted by atomic mass is 10.1. The first-order valence-electron chi connectivity index (χ1n) is 5.92. The molecule has 2 N–H and O–H groups in total. The van der Waals surface area contributed by atoms with Crippen LogP contribution < -0.4 is 10.6 Å². The topological polar surface area (TPSA) is 111 Å². The number of hydrogen-bond acceptors (Lipinski definition) is 6. The highest BCUT2D eigenvalue weighted by Gasteiger charge is 2.36. The van der Waals surface area contributed by atoms with E-state index in [9.17, 15) is 19.2 Å². The van der Waals surface area contributed by atoms with Gasteiger partial charge in [-0.2, -0.15) is 0 Å². The summed E-state index contributed by atoms with van der Waals surface area (Å²) in [6, 6.07) is -1.59. The summed E-state index contributed by atoms with van der Waals surface area (Å²) in [7, 11) is 1.17. The van der Waals surface area contributed by atoms with Crippen molar-refractivity contribution in [3.63, 3.8) is 0 Å². The SMILES string of the molecule is COC(=O)/C=C/C(=O)O[C@H](C)[C@@H]1NC(=O)[C@H](C)NC1=O. The molecule has 0 aromatic carbocycles. The van der Waals surface area contributed by atoms with E-state index >= 15 is 0 Å². The average Bonchev–Trinajstić information content (AvgIpc) is 2.39. The molecule has 0 aromatic rings. The molecule has 2 amide bonds. The molecular formula is C12H16N2O6. The minimum atomic E-state index is -0.964. The molecule has 1 saturated heterocycles. The number of rotatable bonds is 4. The van der Waals surface area contributed by atoms with Gasteiger partial charge in [0.15, 0.2) is 0 Å². The summed E-state index contributed by atoms with van der Waals surface area (Å²) in [5.74, 6) is -2.31. The first-order valence-corrected chi connectivity index (χ1v) is 5.92. The van der Waals surface area contributed by atoms with Crippen molar-refractivity contribution in [2.24, 2.45) is 0 Å². The average molecular weight is 284 g/mol. The molecule has 0 saturated carbocycles. The fraction of sp³-hybridized carbons (Fsp3) is 0.500. The highest BCUT2D eigenvalue weighted by Crippen LogP contribution is 2.06. The van der Waals surface area contributed by atoms with Crippen molar-refractivity contribution in [3.8, 4) is 0 Å². The van der Waals surface area contributed by atoms with E-state index in [2.05, 4.69) is 15.4 Å². The second-order valence-corrected chi connectivity index (χ2v) is 4.22. The Kier molecular flexibility index (Phi) is 5.24. The van der Waals surface area contributed by atoms with Crippen LogP contribution in [-0.4, -0.2) is 49.1 Å². The maximum Gasteiger partial charge on any atom is 0.331 e. The molecular weight excluding hydrogens is 268 g/mol. The Morgan fingerprint density at radius 1 is 1.15 bits per heavy atom. The lowest BCUT2D eigenvalue weighted by Gasteiger charge is -2.30. The predicted molar refractivity (Wildman–Crippen MR) is 66.2 cm³/mol. The van der Waals surface area contributed by atoms with Gasteiger partial charge in [-0.15, -0.1) is 0 Å². The Morgan fingerprint density at radius 2 is 1.75 bits per heavy atom. The van der Waals surface area contributed by atoms with Gasteiger partial charge in [0.05, 0.1) is 7.11 Å². The third-order valence-electron chi connectivity index (χ3n) is 2.66. The highest BCUT2D eigenvalue weighted by molar-refractivity contribution is 5.97. The molecule has 1 heterocycles. The molecule has 3 atom stereocenters. The number of carbonyl (C=O) groups is 4. The summed E-state index contributed by atoms with van der Waals surface area (Å²) in [6.45, 7) is 3.00. The van der Waals surface area contributed by atoms with E-state index in [1.165, 1.54) is 14.0 Å². The molecule has 0 radical (unpaired) electrons. The van der Waals surface area contributed by atoms with Crippen LogP contribution in [0.2, 0.25) is 0 Å². The number of hydrogen-bond donors (Lipinski definition) is 2. The Balaban J connectivity index is 2.58. The summed E-state index contributed by atoms with van der Waals surface area (Å²) in [5, 5.41) is 4.91. The van der Waals surface area contributed by atoms with Crippen molar-refractivity contribution in [2.45, 2.75) is 32.0 Å². The van der Waals surface area contributed by atoms with Crippen LogP contribution in [-0.2, 0) is 28.7 Å². The van der Waals surface area contributed by atoms with Gasteiger partial charge >= 0.3 is 11.9 Å². The largest absolute Gasteiger partial charge is 0.466 e. The third-order valence-corrected chi connectivity index (χ3v) is 2.66. The summed E-state index contributed by atoms with van der Waals surface area (Å²) < 4.78 is 9.24. The van der Waals surface area contributed by atoms with Crippen molar-refractivity contribution in [3.05, 3.63) is 12.2 Å². The third kappa shape index (κ3) is 4.08. The summed E-state index contributed by atoms with van der Waals surface area (Å²) >= 11 is 0. The van der Waals surface area contributed by atoms with Crippen molar-refractivity contribution >= 4 is 23.8 Å². The predicted octanol–water partition coefficient (Wildman–Crippen LogP) is -1.35. The van der Waals surface area contributed by atoms with E-state index in [0.717, 1.165) is 12.2 Å². The smallest absolute Gasteiger partial charge is 0.331 e. The van der Waals surface area contributed by atoms with Crippen LogP contribution in [0.15, 0.2) is 12.2 Å². The first kappa shape index (κ1) is 15.7. The number of nitrogens with one attached hydrogen (secondary N) is 2. The van der Waals surface area contributed by atoms with E-state index in [4.69, 9.17) is 4.74 Å². The summed E-state index contributed by atoms with van der Waals surface area (Å²) in [4.78, 5) is 45.3. The maximum absolute atomic E-state index is 11.7. The Bertz CT molecular complexity index is 459. The molecule has 0 spiro atoms. The normalized spacial score (nSPS) is 23.8. The Labute approximate surface area is 115 Å². The fourth-order valence-electron chi connectivity index (χ4n) is 1.54. The van der Waals surface area contributed by atoms with Crippen LogP contribution in [0.3, 0.4) is 0 Å². The Hall–Kier alpha value is -2.38. The first-order chi connectivity index (χ1) is 9.35. The molecule has 0 unspecified atom stereocenters. The van der Waals surface area contributed by atoms with Crippen molar-refractivity contribution in [1.29, 1.82) is 0 Å². The van der Waals surface area contributed by atoms with E-state index in [0.29, 0.717) is 0 Å². The van der Waals surface area contributed by atoms with Gasteiger partial charge in [-0.25, -0.2) is 9.59 Å². The van der Waals surface area contributed by atoms with Crippen LogP contribution in [0.4, 0.5) is 0 Å². The standard InChI is InChI=1S/C12H16N2O6/c1-6-11(17)14-10(12(18)13-6)7(2)20-9(16)5-4-8(15)19-3/h4-7,10H,1-3H3,(H,13,18)(H,14,17)/b5-4+/t6-,7+,10-/m0/s1. The van der Waals surface area contributed by atoms with Crippen LogP contribution >= 0.6 is 0 Å². The van der Waals surface area contributed by atoms with Gasteiger partial charge in [0.2, 0.25) is 11.8 Å². The molecule has 8 heteroatoms. The fourth-order valence-corrected chi connectivity index (χ4v) is 1.54. The molecule has 0 bridgehead atoms. The molecule has 1 fully saturated rings. The minimum Gasteiger partial charge on any atom is -0.466 e. The zero-order valence-corrected chi connectivity index (χ0v) is 11.3. The van der Waals surface area contributed by atoms with E-state index in [-0.39, 0.29) is 5.91 Å². The molecule has 8 nitrogen and oxygen atoms in total. The molecule has 1 aliphatic rings. The van der Waals surface area contributed by atoms with Crippen LogP contribution in [0.25, 0.3) is 0 Å². The van der Waals surface area contributed by atoms with Gasteiger partial charge in [0.25, 0.3) is 0 Å². The lowest BCUT2D eigenvalue weighted by Crippen LogP contribution is -2.64. The minimum absolute atomic E-state index is 0.359. The number of methoxy groups -OCH3 is 1. The Morgan fingerprint density at radius 3 is 2.35 bits per heavy atom. The molecule has 20 heavy (non-hydrogen) atoms. The van der Waals surface area contributed by atoms with E-state index < -0.39 is 36.0 Å². The molecule has 0 aliphatic carbocycles. The monoisotopic (exact) mass is 284 g/mol. The second kappa shape index (κ2) is 6.69. The number of piperazine rings is 1. The van der Waals surface area contributed by atoms with Crippen LogP contribution in [0.5, 0.6) is 0 Å². The lowest BCUT2D eigenvalue weighted by molar-refractivity contribution is -0.150. The number of carbonyl (C=O) groups excluding carboxylic acids is 4. The van der Waals surface area contributed by atoms with Crippen molar-refractivity contribution in [2.75, 3.05) is 7.11 Å². The zero-order chi connectivity index (χ0) is 15.3. The zero-order valence-electron chi connectivity index (χ0n) is 11.3. The van der Waals surface area contributed by atoms with Gasteiger partial charge in [0.1, 0.15) is 18.2 Å². The maximum atomic E-state index is 11.7. The van der Waals surface area contributed by atoms with Gasteiger partial charge < -0.3 is 20.1 Å². The second-order valence-electron chi connectivity index (χ2n) is 4.22. The van der Waals surface area contributed by atoms with Gasteiger partial charge in [-0.1, -0.05) is 0 Å². The van der Waals surface area contributed by atoms with Crippen molar-refractivity contribution in [1.82, 2.24) is 10.6 Å². The molecule has 110 valence electrons. The van der Waals surface area contributed by atoms with E-state index in [1.54, 1.807) is 6.92 Å². The van der Waals surface area contributed by atoms with Crippen LogP contribution in [0, 0.1) is 0 Å². The van der Waals surface area contributed by atoms with Gasteiger partial charge in [0, 0.05) is 12.2 Å². The highest BCUT2D eigenvalue weighted by atomic mass is 16.5.